The van der Waals surface area contributed by atoms with Gasteiger partial charge in [0.15, 0.2) is 0 Å². The Morgan fingerprint density at radius 1 is 1.07 bits per heavy atom. The zero-order chi connectivity index (χ0) is 28.4. The van der Waals surface area contributed by atoms with Gasteiger partial charge in [-0.1, -0.05) is 35.9 Å². The van der Waals surface area contributed by atoms with Crippen molar-refractivity contribution in [3.63, 3.8) is 0 Å². The van der Waals surface area contributed by atoms with E-state index in [1.165, 1.54) is 47.6 Å². The van der Waals surface area contributed by atoms with Crippen LogP contribution in [0, 0.1) is 5.82 Å². The molecule has 2 aliphatic rings. The van der Waals surface area contributed by atoms with E-state index < -0.39 is 54.5 Å². The Kier molecular flexibility index (Phi) is 7.75. The highest BCUT2D eigenvalue weighted by molar-refractivity contribution is 6.31. The van der Waals surface area contributed by atoms with Gasteiger partial charge in [-0.15, -0.1) is 0 Å². The number of hydrogen-bond donors (Lipinski definition) is 1. The lowest BCUT2D eigenvalue weighted by molar-refractivity contribution is -0.133. The van der Waals surface area contributed by atoms with E-state index in [4.69, 9.17) is 11.6 Å². The molecule has 12 heteroatoms. The van der Waals surface area contributed by atoms with Crippen LogP contribution in [0.25, 0.3) is 0 Å². The number of nitrogens with zero attached hydrogens (tertiary/aromatic N) is 4. The van der Waals surface area contributed by atoms with Crippen molar-refractivity contribution in [1.29, 1.82) is 0 Å². The maximum Gasteiger partial charge on any atom is 0.252 e. The standard InChI is InChI=1S/C28H25ClF3N5O3/c29-21-9-2-1-8-20(21)24(25(39)35-18-15-28(31,32)16-18)36(19-7-3-6-17(30)14-19)26(40)22-10-4-11-23(38)37(22)27-33-12-5-13-34-27/h1-3,5-9,12-14,18,22,24H,4,10-11,15-16H2,(H,35,39)/t22-,24+/m0/s1. The predicted molar refractivity (Wildman–Crippen MR) is 141 cm³/mol. The second kappa shape index (κ2) is 11.2. The normalized spacial score (nSPS) is 19.4. The van der Waals surface area contributed by atoms with Gasteiger partial charge in [-0.3, -0.25) is 24.2 Å². The monoisotopic (exact) mass is 571 g/mol. The number of anilines is 2. The van der Waals surface area contributed by atoms with Gasteiger partial charge < -0.3 is 5.32 Å². The summed E-state index contributed by atoms with van der Waals surface area (Å²) in [6, 6.07) is 9.55. The molecule has 1 aromatic heterocycles. The van der Waals surface area contributed by atoms with Crippen molar-refractivity contribution in [2.75, 3.05) is 9.80 Å². The average molecular weight is 572 g/mol. The van der Waals surface area contributed by atoms with Crippen LogP contribution in [0.15, 0.2) is 67.0 Å². The molecule has 8 nitrogen and oxygen atoms in total. The van der Waals surface area contributed by atoms with E-state index >= 15 is 0 Å². The van der Waals surface area contributed by atoms with Crippen molar-refractivity contribution in [3.05, 3.63) is 83.4 Å². The third-order valence-electron chi connectivity index (χ3n) is 6.97. The van der Waals surface area contributed by atoms with Gasteiger partial charge in [-0.2, -0.15) is 0 Å². The number of nitrogens with one attached hydrogen (secondary N) is 1. The van der Waals surface area contributed by atoms with Crippen molar-refractivity contribution in [1.82, 2.24) is 15.3 Å². The van der Waals surface area contributed by atoms with Gasteiger partial charge in [0.1, 0.15) is 17.9 Å². The molecule has 1 saturated heterocycles. The number of halogens is 4. The van der Waals surface area contributed by atoms with Gasteiger partial charge in [0.25, 0.3) is 11.8 Å². The molecule has 5 rings (SSSR count). The molecule has 2 heterocycles. The average Bonchev–Trinajstić information content (AvgIpc) is 2.91. The van der Waals surface area contributed by atoms with Gasteiger partial charge in [0.05, 0.1) is 0 Å². The number of hydrogen-bond acceptors (Lipinski definition) is 5. The minimum Gasteiger partial charge on any atom is -0.351 e. The maximum absolute atomic E-state index is 14.5. The molecule has 1 saturated carbocycles. The smallest absolute Gasteiger partial charge is 0.252 e. The first-order valence-corrected chi connectivity index (χ1v) is 13.1. The maximum atomic E-state index is 14.5. The summed E-state index contributed by atoms with van der Waals surface area (Å²) in [5.41, 5.74) is 0.228. The molecule has 1 N–H and O–H groups in total. The van der Waals surface area contributed by atoms with Gasteiger partial charge in [-0.05, 0) is 43.2 Å². The Morgan fingerprint density at radius 3 is 2.48 bits per heavy atom. The summed E-state index contributed by atoms with van der Waals surface area (Å²) in [5.74, 6) is -5.41. The van der Waals surface area contributed by atoms with E-state index in [1.54, 1.807) is 18.2 Å². The summed E-state index contributed by atoms with van der Waals surface area (Å²) in [5, 5.41) is 2.74. The second-order valence-corrected chi connectivity index (χ2v) is 10.2. The lowest BCUT2D eigenvalue weighted by atomic mass is 9.87. The molecule has 2 fully saturated rings. The Balaban J connectivity index is 1.61. The molecule has 0 unspecified atom stereocenters. The fourth-order valence-corrected chi connectivity index (χ4v) is 5.34. The van der Waals surface area contributed by atoms with Gasteiger partial charge >= 0.3 is 0 Å². The van der Waals surface area contributed by atoms with Crippen LogP contribution >= 0.6 is 11.6 Å². The fraction of sp³-hybridized carbons (Fsp3) is 0.321. The third-order valence-corrected chi connectivity index (χ3v) is 7.31. The number of carbonyl (C=O) groups excluding carboxylic acids is 3. The van der Waals surface area contributed by atoms with E-state index in [0.29, 0.717) is 6.42 Å². The van der Waals surface area contributed by atoms with Crippen molar-refractivity contribution < 1.29 is 27.6 Å². The summed E-state index contributed by atoms with van der Waals surface area (Å²) >= 11 is 6.50. The van der Waals surface area contributed by atoms with Crippen LogP contribution in [-0.4, -0.2) is 45.7 Å². The summed E-state index contributed by atoms with van der Waals surface area (Å²) in [4.78, 5) is 51.9. The van der Waals surface area contributed by atoms with E-state index in [9.17, 15) is 27.6 Å². The number of aromatic nitrogens is 2. The summed E-state index contributed by atoms with van der Waals surface area (Å²) < 4.78 is 41.7. The van der Waals surface area contributed by atoms with Crippen LogP contribution in [0.5, 0.6) is 0 Å². The summed E-state index contributed by atoms with van der Waals surface area (Å²) in [6.45, 7) is 0. The van der Waals surface area contributed by atoms with Crippen LogP contribution in [0.3, 0.4) is 0 Å². The van der Waals surface area contributed by atoms with E-state index in [2.05, 4.69) is 15.3 Å². The number of carbonyl (C=O) groups is 3. The predicted octanol–water partition coefficient (Wildman–Crippen LogP) is 4.84. The summed E-state index contributed by atoms with van der Waals surface area (Å²) in [7, 11) is 0. The summed E-state index contributed by atoms with van der Waals surface area (Å²) in [6.07, 6.45) is 2.55. The molecule has 3 aromatic rings. The van der Waals surface area contributed by atoms with E-state index in [0.717, 1.165) is 11.0 Å². The van der Waals surface area contributed by atoms with E-state index in [1.807, 2.05) is 0 Å². The van der Waals surface area contributed by atoms with Crippen molar-refractivity contribution in [2.24, 2.45) is 0 Å². The van der Waals surface area contributed by atoms with Crippen molar-refractivity contribution in [2.45, 2.75) is 56.2 Å². The number of amides is 3. The lowest BCUT2D eigenvalue weighted by Crippen LogP contribution is -2.58. The Bertz CT molecular complexity index is 1420. The third kappa shape index (κ3) is 5.65. The SMILES string of the molecule is O=C(NC1CC(F)(F)C1)[C@@H](c1ccccc1Cl)N(C(=O)[C@@H]1CCCC(=O)N1c1ncccn1)c1cccc(F)c1. The van der Waals surface area contributed by atoms with Crippen LogP contribution in [0.2, 0.25) is 5.02 Å². The number of alkyl halides is 2. The first-order valence-electron chi connectivity index (χ1n) is 12.7. The van der Waals surface area contributed by atoms with E-state index in [-0.39, 0.29) is 41.0 Å². The zero-order valence-electron chi connectivity index (χ0n) is 21.1. The van der Waals surface area contributed by atoms with Gasteiger partial charge in [0.2, 0.25) is 17.8 Å². The van der Waals surface area contributed by atoms with Crippen LogP contribution in [0.1, 0.15) is 43.7 Å². The molecule has 40 heavy (non-hydrogen) atoms. The molecular formula is C28H25ClF3N5O3. The number of benzene rings is 2. The first-order chi connectivity index (χ1) is 19.1. The van der Waals surface area contributed by atoms with Crippen LogP contribution in [-0.2, 0) is 14.4 Å². The first kappa shape index (κ1) is 27.6. The van der Waals surface area contributed by atoms with Gasteiger partial charge in [-0.25, -0.2) is 23.1 Å². The molecule has 0 bridgehead atoms. The Labute approximate surface area is 233 Å². The Morgan fingerprint density at radius 2 is 1.80 bits per heavy atom. The highest BCUT2D eigenvalue weighted by Crippen LogP contribution is 2.39. The van der Waals surface area contributed by atoms with Crippen molar-refractivity contribution >= 4 is 41.0 Å². The number of rotatable bonds is 7. The minimum atomic E-state index is -2.89. The minimum absolute atomic E-state index is 0.0141. The topological polar surface area (TPSA) is 95.5 Å². The van der Waals surface area contributed by atoms with Crippen molar-refractivity contribution in [3.8, 4) is 0 Å². The highest BCUT2D eigenvalue weighted by Gasteiger charge is 2.48. The quantitative estimate of drug-likeness (QED) is 0.438. The Hall–Kier alpha value is -3.99. The molecule has 2 atom stereocenters. The molecule has 2 aromatic carbocycles. The fourth-order valence-electron chi connectivity index (χ4n) is 5.10. The van der Waals surface area contributed by atoms with Crippen LogP contribution in [0.4, 0.5) is 24.8 Å². The van der Waals surface area contributed by atoms with Crippen LogP contribution < -0.4 is 15.1 Å². The second-order valence-electron chi connectivity index (χ2n) is 9.80. The van der Waals surface area contributed by atoms with Gasteiger partial charge in [0, 0.05) is 54.0 Å². The zero-order valence-corrected chi connectivity index (χ0v) is 21.9. The largest absolute Gasteiger partial charge is 0.351 e. The molecule has 208 valence electrons. The molecule has 0 radical (unpaired) electrons. The molecule has 3 amide bonds. The highest BCUT2D eigenvalue weighted by atomic mass is 35.5. The molecule has 1 aliphatic carbocycles. The molecule has 1 aliphatic heterocycles. The molecule has 0 spiro atoms. The lowest BCUT2D eigenvalue weighted by Gasteiger charge is -2.41. The molecular weight excluding hydrogens is 547 g/mol. The number of piperidine rings is 1.